The van der Waals surface area contributed by atoms with Gasteiger partial charge >= 0.3 is 6.03 Å². The molecule has 1 fully saturated rings. The largest absolute Gasteiger partial charge is 0.363 e. The van der Waals surface area contributed by atoms with E-state index in [4.69, 9.17) is 4.98 Å². The summed E-state index contributed by atoms with van der Waals surface area (Å²) in [6, 6.07) is 19.0. The number of benzene rings is 2. The maximum absolute atomic E-state index is 12.4. The highest BCUT2D eigenvalue weighted by atomic mass is 16.2. The number of hydrogen-bond donors (Lipinski definition) is 3. The zero-order valence-electron chi connectivity index (χ0n) is 17.9. The molecule has 5 rings (SSSR count). The maximum Gasteiger partial charge on any atom is 0.319 e. The zero-order chi connectivity index (χ0) is 21.2. The third-order valence-electron chi connectivity index (χ3n) is 6.46. The van der Waals surface area contributed by atoms with Crippen LogP contribution in [0.15, 0.2) is 54.6 Å². The summed E-state index contributed by atoms with van der Waals surface area (Å²) in [5.41, 5.74) is 4.50. The molecule has 160 valence electrons. The number of hydrogen-bond acceptors (Lipinski definition) is 4. The molecule has 6 nitrogen and oxygen atoms in total. The Balaban J connectivity index is 1.23. The second-order valence-electron chi connectivity index (χ2n) is 8.71. The van der Waals surface area contributed by atoms with Gasteiger partial charge in [0.1, 0.15) is 5.82 Å². The molecule has 6 heteroatoms. The lowest BCUT2D eigenvalue weighted by molar-refractivity contribution is 0.221. The predicted molar refractivity (Wildman–Crippen MR) is 126 cm³/mol. The van der Waals surface area contributed by atoms with Gasteiger partial charge in [0, 0.05) is 17.1 Å². The molecule has 2 amide bonds. The first-order chi connectivity index (χ1) is 15.1. The van der Waals surface area contributed by atoms with Crippen LogP contribution in [0.25, 0.3) is 10.9 Å². The number of aromatic nitrogens is 1. The molecule has 1 saturated heterocycles. The summed E-state index contributed by atoms with van der Waals surface area (Å²) >= 11 is 0. The van der Waals surface area contributed by atoms with Crippen LogP contribution in [0.1, 0.15) is 36.4 Å². The summed E-state index contributed by atoms with van der Waals surface area (Å²) in [5, 5.41) is 10.7. The highest BCUT2D eigenvalue weighted by molar-refractivity contribution is 5.93. The third kappa shape index (κ3) is 4.49. The van der Waals surface area contributed by atoms with E-state index in [9.17, 15) is 4.79 Å². The molecule has 0 bridgehead atoms. The van der Waals surface area contributed by atoms with E-state index in [1.165, 1.54) is 11.1 Å². The minimum Gasteiger partial charge on any atom is -0.363 e. The van der Waals surface area contributed by atoms with Crippen LogP contribution in [-0.2, 0) is 6.42 Å². The van der Waals surface area contributed by atoms with Crippen LogP contribution in [0.4, 0.5) is 16.3 Å². The number of urea groups is 1. The highest BCUT2D eigenvalue weighted by Crippen LogP contribution is 2.33. The number of amides is 2. The lowest BCUT2D eigenvalue weighted by Gasteiger charge is -2.29. The molecule has 0 spiro atoms. The first-order valence-electron chi connectivity index (χ1n) is 11.2. The van der Waals surface area contributed by atoms with Gasteiger partial charge in [0.25, 0.3) is 0 Å². The highest BCUT2D eigenvalue weighted by Gasteiger charge is 2.22. The van der Waals surface area contributed by atoms with Crippen molar-refractivity contribution in [1.82, 2.24) is 15.2 Å². The Morgan fingerprint density at radius 2 is 1.87 bits per heavy atom. The van der Waals surface area contributed by atoms with Crippen LogP contribution in [-0.4, -0.2) is 42.1 Å². The van der Waals surface area contributed by atoms with Crippen LogP contribution in [0.2, 0.25) is 0 Å². The zero-order valence-corrected chi connectivity index (χ0v) is 17.9. The summed E-state index contributed by atoms with van der Waals surface area (Å²) in [5.74, 6) is 0.884. The van der Waals surface area contributed by atoms with Crippen molar-refractivity contribution < 1.29 is 4.79 Å². The Bertz CT molecular complexity index is 1090. The van der Waals surface area contributed by atoms with Crippen molar-refractivity contribution in [2.75, 3.05) is 30.8 Å². The minimum atomic E-state index is -0.139. The second-order valence-corrected chi connectivity index (χ2v) is 8.71. The van der Waals surface area contributed by atoms with Gasteiger partial charge in [0.15, 0.2) is 0 Å². The number of rotatable bonds is 4. The fourth-order valence-electron chi connectivity index (χ4n) is 4.67. The van der Waals surface area contributed by atoms with Crippen LogP contribution in [0, 0.1) is 0 Å². The number of nitrogens with zero attached hydrogens (tertiary/aromatic N) is 2. The molecule has 3 N–H and O–H groups in total. The smallest absolute Gasteiger partial charge is 0.319 e. The van der Waals surface area contributed by atoms with Crippen molar-refractivity contribution in [2.45, 2.75) is 37.8 Å². The average Bonchev–Trinajstić information content (AvgIpc) is 3.18. The Morgan fingerprint density at radius 3 is 2.74 bits per heavy atom. The van der Waals surface area contributed by atoms with E-state index in [0.29, 0.717) is 6.04 Å². The van der Waals surface area contributed by atoms with E-state index in [-0.39, 0.29) is 12.1 Å². The number of likely N-dealkylation sites (tertiary alicyclic amines) is 1. The number of pyridine rings is 1. The average molecular weight is 416 g/mol. The van der Waals surface area contributed by atoms with Gasteiger partial charge < -0.3 is 20.9 Å². The Hall–Kier alpha value is -3.12. The molecule has 0 radical (unpaired) electrons. The van der Waals surface area contributed by atoms with Crippen LogP contribution < -0.4 is 16.0 Å². The van der Waals surface area contributed by atoms with Crippen LogP contribution in [0.5, 0.6) is 0 Å². The van der Waals surface area contributed by atoms with Crippen molar-refractivity contribution in [2.24, 2.45) is 0 Å². The number of fused-ring (bicyclic) bond motifs is 2. The van der Waals surface area contributed by atoms with E-state index in [1.54, 1.807) is 0 Å². The number of nitrogens with one attached hydrogen (secondary N) is 3. The van der Waals surface area contributed by atoms with Gasteiger partial charge in [-0.05, 0) is 87.3 Å². The normalized spacial score (nSPS) is 19.2. The van der Waals surface area contributed by atoms with Crippen molar-refractivity contribution in [3.63, 3.8) is 0 Å². The molecule has 2 heterocycles. The SMILES string of the molecule is CN1CCC(NC(=O)Nc2ccc3nc(NC4CCc5ccccc54)ccc3c2)CC1. The number of carbonyl (C=O) groups excluding carboxylic acids is 1. The molecule has 31 heavy (non-hydrogen) atoms. The summed E-state index contributed by atoms with van der Waals surface area (Å²) in [6.45, 7) is 2.05. The van der Waals surface area contributed by atoms with E-state index in [2.05, 4.69) is 58.2 Å². The molecule has 1 unspecified atom stereocenters. The van der Waals surface area contributed by atoms with E-state index >= 15 is 0 Å². The first-order valence-corrected chi connectivity index (χ1v) is 11.2. The molecular formula is C25H29N5O. The number of aryl methyl sites for hydroxylation is 1. The molecule has 1 aliphatic heterocycles. The second kappa shape index (κ2) is 8.55. The van der Waals surface area contributed by atoms with Gasteiger partial charge in [0.05, 0.1) is 11.6 Å². The van der Waals surface area contributed by atoms with Gasteiger partial charge in [-0.2, -0.15) is 0 Å². The van der Waals surface area contributed by atoms with Crippen LogP contribution >= 0.6 is 0 Å². The first kappa shape index (κ1) is 19.8. The Kier molecular flexibility index (Phi) is 5.47. The van der Waals surface area contributed by atoms with E-state index in [0.717, 1.165) is 61.2 Å². The van der Waals surface area contributed by atoms with Crippen molar-refractivity contribution in [1.29, 1.82) is 0 Å². The Labute approximate surface area is 183 Å². The number of anilines is 2. The molecule has 2 aliphatic rings. The number of carbonyl (C=O) groups is 1. The molecule has 1 aromatic heterocycles. The van der Waals surface area contributed by atoms with E-state index < -0.39 is 0 Å². The molecule has 0 saturated carbocycles. The van der Waals surface area contributed by atoms with Crippen molar-refractivity contribution in [3.8, 4) is 0 Å². The molecule has 1 aliphatic carbocycles. The van der Waals surface area contributed by atoms with Gasteiger partial charge in [-0.15, -0.1) is 0 Å². The predicted octanol–water partition coefficient (Wildman–Crippen LogP) is 4.55. The maximum atomic E-state index is 12.4. The van der Waals surface area contributed by atoms with Gasteiger partial charge in [0.2, 0.25) is 0 Å². The topological polar surface area (TPSA) is 69.3 Å². The lowest BCUT2D eigenvalue weighted by Crippen LogP contribution is -2.44. The molecule has 3 aromatic rings. The fourth-order valence-corrected chi connectivity index (χ4v) is 4.67. The Morgan fingerprint density at radius 1 is 1.03 bits per heavy atom. The van der Waals surface area contributed by atoms with E-state index in [1.807, 2.05) is 24.3 Å². The van der Waals surface area contributed by atoms with Gasteiger partial charge in [-0.25, -0.2) is 9.78 Å². The summed E-state index contributed by atoms with van der Waals surface area (Å²) in [6.07, 6.45) is 4.18. The van der Waals surface area contributed by atoms with Gasteiger partial charge in [-0.3, -0.25) is 0 Å². The molecule has 1 atom stereocenters. The monoisotopic (exact) mass is 415 g/mol. The molecular weight excluding hydrogens is 386 g/mol. The molecule has 2 aromatic carbocycles. The third-order valence-corrected chi connectivity index (χ3v) is 6.46. The van der Waals surface area contributed by atoms with Crippen molar-refractivity contribution >= 4 is 28.4 Å². The van der Waals surface area contributed by atoms with Crippen molar-refractivity contribution in [3.05, 3.63) is 65.7 Å². The standard InChI is InChI=1S/C25H29N5O/c1-30-14-12-19(13-15-30)26-25(31)27-20-8-10-22-18(16-20)7-11-24(28-22)29-23-9-6-17-4-2-3-5-21(17)23/h2-5,7-8,10-11,16,19,23H,6,9,12-15H2,1H3,(H,28,29)(H2,26,27,31). The summed E-state index contributed by atoms with van der Waals surface area (Å²) in [4.78, 5) is 19.5. The quantitative estimate of drug-likeness (QED) is 0.585. The van der Waals surface area contributed by atoms with Gasteiger partial charge in [-0.1, -0.05) is 24.3 Å². The minimum absolute atomic E-state index is 0.139. The summed E-state index contributed by atoms with van der Waals surface area (Å²) in [7, 11) is 2.12. The number of piperidine rings is 1. The lowest BCUT2D eigenvalue weighted by atomic mass is 10.1. The fraction of sp³-hybridized carbons (Fsp3) is 0.360. The summed E-state index contributed by atoms with van der Waals surface area (Å²) < 4.78 is 0. The van der Waals surface area contributed by atoms with Crippen LogP contribution in [0.3, 0.4) is 0 Å².